The maximum atomic E-state index is 11.0. The van der Waals surface area contributed by atoms with Gasteiger partial charge in [-0.25, -0.2) is 13.4 Å². The summed E-state index contributed by atoms with van der Waals surface area (Å²) >= 11 is 3.33. The molecule has 0 unspecified atom stereocenters. The van der Waals surface area contributed by atoms with E-state index in [0.29, 0.717) is 5.75 Å². The van der Waals surface area contributed by atoms with Gasteiger partial charge in [0.2, 0.25) is 5.88 Å². The Labute approximate surface area is 117 Å². The number of rotatable bonds is 3. The molecule has 18 heavy (non-hydrogen) atoms. The second kappa shape index (κ2) is 5.26. The van der Waals surface area contributed by atoms with E-state index in [4.69, 9.17) is 15.4 Å². The summed E-state index contributed by atoms with van der Waals surface area (Å²) in [6.07, 6.45) is 1.15. The second-order valence-electron chi connectivity index (χ2n) is 3.30. The molecule has 0 aliphatic heterocycles. The number of hydrogen-bond acceptors (Lipinski definition) is 4. The van der Waals surface area contributed by atoms with Gasteiger partial charge in [0.05, 0.1) is 10.7 Å². The lowest BCUT2D eigenvalue weighted by molar-refractivity contribution is 0.459. The normalized spacial score (nSPS) is 11.2. The number of para-hydroxylation sites is 1. The number of aromatic nitrogens is 1. The highest BCUT2D eigenvalue weighted by atomic mass is 79.9. The lowest BCUT2D eigenvalue weighted by Gasteiger charge is -2.06. The van der Waals surface area contributed by atoms with Crippen LogP contribution < -0.4 is 4.74 Å². The van der Waals surface area contributed by atoms with Crippen LogP contribution in [-0.4, -0.2) is 13.4 Å². The van der Waals surface area contributed by atoms with E-state index in [-0.39, 0.29) is 10.8 Å². The van der Waals surface area contributed by atoms with Gasteiger partial charge in [-0.2, -0.15) is 0 Å². The van der Waals surface area contributed by atoms with Crippen molar-refractivity contribution >= 4 is 35.7 Å². The molecule has 2 aromatic rings. The largest absolute Gasteiger partial charge is 0.438 e. The molecule has 0 fully saturated rings. The fraction of sp³-hybridized carbons (Fsp3) is 0. The summed E-state index contributed by atoms with van der Waals surface area (Å²) in [4.78, 5) is 3.81. The number of hydrogen-bond donors (Lipinski definition) is 0. The fourth-order valence-corrected chi connectivity index (χ4v) is 2.26. The number of pyridine rings is 1. The Bertz CT molecular complexity index is 658. The van der Waals surface area contributed by atoms with E-state index in [0.717, 1.165) is 10.7 Å². The van der Waals surface area contributed by atoms with Crippen molar-refractivity contribution in [1.29, 1.82) is 0 Å². The first-order valence-electron chi connectivity index (χ1n) is 4.80. The molecule has 0 spiro atoms. The Morgan fingerprint density at radius 3 is 2.44 bits per heavy atom. The van der Waals surface area contributed by atoms with Crippen LogP contribution in [0.25, 0.3) is 0 Å². The van der Waals surface area contributed by atoms with Gasteiger partial charge in [0.25, 0.3) is 9.05 Å². The minimum absolute atomic E-state index is 0.0661. The van der Waals surface area contributed by atoms with Crippen molar-refractivity contribution in [2.24, 2.45) is 0 Å². The summed E-state index contributed by atoms with van der Waals surface area (Å²) in [5.74, 6) is 0.873. The molecule has 94 valence electrons. The molecule has 0 radical (unpaired) electrons. The highest BCUT2D eigenvalue weighted by molar-refractivity contribution is 9.10. The summed E-state index contributed by atoms with van der Waals surface area (Å²) in [5, 5.41) is 0. The second-order valence-corrected chi connectivity index (χ2v) is 6.72. The number of benzene rings is 1. The van der Waals surface area contributed by atoms with E-state index in [1.807, 2.05) is 18.2 Å². The van der Waals surface area contributed by atoms with Crippen LogP contribution >= 0.6 is 26.6 Å². The standard InChI is InChI=1S/C11H7BrClNO3S/c12-9-3-1-2-4-10(9)17-11-6-5-8(7-14-11)18(13,15)16/h1-7H. The van der Waals surface area contributed by atoms with E-state index in [2.05, 4.69) is 20.9 Å². The molecule has 0 N–H and O–H groups in total. The Morgan fingerprint density at radius 1 is 1.17 bits per heavy atom. The van der Waals surface area contributed by atoms with Crippen LogP contribution in [0, 0.1) is 0 Å². The molecule has 1 aromatic carbocycles. The monoisotopic (exact) mass is 347 g/mol. The van der Waals surface area contributed by atoms with Crippen molar-refractivity contribution in [3.63, 3.8) is 0 Å². The summed E-state index contributed by atoms with van der Waals surface area (Å²) in [7, 11) is 1.42. The van der Waals surface area contributed by atoms with Crippen LogP contribution in [0.2, 0.25) is 0 Å². The Hall–Kier alpha value is -1.11. The van der Waals surface area contributed by atoms with Gasteiger partial charge in [-0.1, -0.05) is 12.1 Å². The van der Waals surface area contributed by atoms with Gasteiger partial charge in [-0.15, -0.1) is 0 Å². The number of halogens is 2. The predicted octanol–water partition coefficient (Wildman–Crippen LogP) is 3.56. The molecule has 2 rings (SSSR count). The minimum Gasteiger partial charge on any atom is -0.438 e. The van der Waals surface area contributed by atoms with E-state index in [1.165, 1.54) is 12.1 Å². The molecule has 0 amide bonds. The van der Waals surface area contributed by atoms with Crippen molar-refractivity contribution in [2.75, 3.05) is 0 Å². The first kappa shape index (κ1) is 13.3. The highest BCUT2D eigenvalue weighted by Crippen LogP contribution is 2.28. The zero-order valence-corrected chi connectivity index (χ0v) is 12.0. The van der Waals surface area contributed by atoms with E-state index in [9.17, 15) is 8.42 Å². The van der Waals surface area contributed by atoms with Crippen LogP contribution in [-0.2, 0) is 9.05 Å². The molecular formula is C11H7BrClNO3S. The first-order valence-corrected chi connectivity index (χ1v) is 7.90. The topological polar surface area (TPSA) is 56.3 Å². The van der Waals surface area contributed by atoms with Gasteiger partial charge in [0.1, 0.15) is 10.6 Å². The van der Waals surface area contributed by atoms with Crippen molar-refractivity contribution in [3.05, 3.63) is 47.1 Å². The summed E-state index contributed by atoms with van der Waals surface area (Å²) in [5.41, 5.74) is 0. The molecule has 1 aromatic heterocycles. The quantitative estimate of drug-likeness (QED) is 0.796. The van der Waals surface area contributed by atoms with Crippen LogP contribution in [0.5, 0.6) is 11.6 Å². The summed E-state index contributed by atoms with van der Waals surface area (Å²) in [6, 6.07) is 10.0. The molecule has 4 nitrogen and oxygen atoms in total. The maximum absolute atomic E-state index is 11.0. The van der Waals surface area contributed by atoms with Crippen molar-refractivity contribution in [1.82, 2.24) is 4.98 Å². The molecule has 0 aliphatic carbocycles. The molecular weight excluding hydrogens is 342 g/mol. The molecule has 0 saturated heterocycles. The van der Waals surface area contributed by atoms with Gasteiger partial charge >= 0.3 is 0 Å². The predicted molar refractivity (Wildman–Crippen MR) is 71.5 cm³/mol. The van der Waals surface area contributed by atoms with Gasteiger partial charge < -0.3 is 4.74 Å². The first-order chi connectivity index (χ1) is 8.47. The van der Waals surface area contributed by atoms with E-state index in [1.54, 1.807) is 6.07 Å². The van der Waals surface area contributed by atoms with E-state index < -0.39 is 9.05 Å². The number of nitrogens with zero attached hydrogens (tertiary/aromatic N) is 1. The average molecular weight is 349 g/mol. The average Bonchev–Trinajstić information content (AvgIpc) is 2.32. The Morgan fingerprint density at radius 2 is 1.89 bits per heavy atom. The minimum atomic E-state index is -3.76. The van der Waals surface area contributed by atoms with Crippen LogP contribution in [0.1, 0.15) is 0 Å². The Kier molecular flexibility index (Phi) is 3.89. The molecule has 0 atom stereocenters. The third kappa shape index (κ3) is 3.22. The van der Waals surface area contributed by atoms with Crippen molar-refractivity contribution < 1.29 is 13.2 Å². The van der Waals surface area contributed by atoms with Crippen LogP contribution in [0.15, 0.2) is 52.0 Å². The summed E-state index contributed by atoms with van der Waals surface area (Å²) < 4.78 is 28.3. The molecule has 0 aliphatic rings. The third-order valence-corrected chi connectivity index (χ3v) is 4.04. The Balaban J connectivity index is 2.24. The van der Waals surface area contributed by atoms with Gasteiger partial charge in [-0.3, -0.25) is 0 Å². The number of ether oxygens (including phenoxy) is 1. The van der Waals surface area contributed by atoms with Gasteiger partial charge in [0, 0.05) is 16.7 Å². The molecule has 0 saturated carbocycles. The maximum Gasteiger partial charge on any atom is 0.262 e. The molecule has 7 heteroatoms. The van der Waals surface area contributed by atoms with Crippen LogP contribution in [0.4, 0.5) is 0 Å². The fourth-order valence-electron chi connectivity index (χ4n) is 1.21. The lowest BCUT2D eigenvalue weighted by atomic mass is 10.3. The van der Waals surface area contributed by atoms with Crippen LogP contribution in [0.3, 0.4) is 0 Å². The smallest absolute Gasteiger partial charge is 0.262 e. The van der Waals surface area contributed by atoms with E-state index >= 15 is 0 Å². The van der Waals surface area contributed by atoms with Gasteiger partial charge in [-0.05, 0) is 34.1 Å². The highest BCUT2D eigenvalue weighted by Gasteiger charge is 2.10. The third-order valence-electron chi connectivity index (χ3n) is 2.04. The molecule has 0 bridgehead atoms. The lowest BCUT2D eigenvalue weighted by Crippen LogP contribution is -1.93. The van der Waals surface area contributed by atoms with Gasteiger partial charge in [0.15, 0.2) is 0 Å². The van der Waals surface area contributed by atoms with Crippen molar-refractivity contribution in [2.45, 2.75) is 4.90 Å². The van der Waals surface area contributed by atoms with Crippen molar-refractivity contribution in [3.8, 4) is 11.6 Å². The zero-order valence-electron chi connectivity index (χ0n) is 8.88. The zero-order chi connectivity index (χ0) is 13.2. The SMILES string of the molecule is O=S(=O)(Cl)c1ccc(Oc2ccccc2Br)nc1. The molecule has 1 heterocycles. The summed E-state index contributed by atoms with van der Waals surface area (Å²) in [6.45, 7) is 0.